The zero-order chi connectivity index (χ0) is 12.4. The van der Waals surface area contributed by atoms with E-state index in [9.17, 15) is 4.79 Å². The molecule has 0 unspecified atom stereocenters. The average Bonchev–Trinajstić information content (AvgIpc) is 2.84. The van der Waals surface area contributed by atoms with Crippen molar-refractivity contribution in [2.24, 2.45) is 7.05 Å². The zero-order valence-corrected chi connectivity index (χ0v) is 9.38. The molecule has 90 valence electrons. The van der Waals surface area contributed by atoms with E-state index in [1.54, 1.807) is 24.0 Å². The van der Waals surface area contributed by atoms with Crippen molar-refractivity contribution in [1.82, 2.24) is 14.8 Å². The fraction of sp³-hybridized carbons (Fsp3) is 0.300. The molecule has 7 nitrogen and oxygen atoms in total. The molecule has 7 heteroatoms. The van der Waals surface area contributed by atoms with Gasteiger partial charge in [-0.2, -0.15) is 5.10 Å². The molecule has 0 radical (unpaired) electrons. The first-order valence-electron chi connectivity index (χ1n) is 4.83. The predicted molar refractivity (Wildman–Crippen MR) is 56.4 cm³/mol. The molecule has 2 heterocycles. The number of hydrogen-bond donors (Lipinski definition) is 1. The Morgan fingerprint density at radius 1 is 1.65 bits per heavy atom. The van der Waals surface area contributed by atoms with Gasteiger partial charge in [0.05, 0.1) is 6.61 Å². The minimum absolute atomic E-state index is 0.0863. The number of carboxylic acids is 1. The quantitative estimate of drug-likeness (QED) is 0.850. The third kappa shape index (κ3) is 2.04. The van der Waals surface area contributed by atoms with Crippen LogP contribution in [0.5, 0.6) is 0 Å². The van der Waals surface area contributed by atoms with Crippen LogP contribution in [0, 0.1) is 0 Å². The third-order valence-electron chi connectivity index (χ3n) is 2.21. The molecule has 0 saturated carbocycles. The van der Waals surface area contributed by atoms with Gasteiger partial charge >= 0.3 is 5.97 Å². The smallest absolute Gasteiger partial charge is 0.373 e. The van der Waals surface area contributed by atoms with E-state index in [-0.39, 0.29) is 24.0 Å². The molecule has 0 aromatic carbocycles. The molecule has 0 spiro atoms. The summed E-state index contributed by atoms with van der Waals surface area (Å²) in [5, 5.41) is 12.9. The second-order valence-corrected chi connectivity index (χ2v) is 3.37. The Kier molecular flexibility index (Phi) is 2.92. The van der Waals surface area contributed by atoms with Gasteiger partial charge in [-0.1, -0.05) is 0 Å². The van der Waals surface area contributed by atoms with Crippen molar-refractivity contribution in [3.63, 3.8) is 0 Å². The summed E-state index contributed by atoms with van der Waals surface area (Å²) in [7, 11) is 3.18. The summed E-state index contributed by atoms with van der Waals surface area (Å²) in [6.07, 6.45) is 1.58. The van der Waals surface area contributed by atoms with Crippen molar-refractivity contribution in [3.8, 4) is 11.6 Å². The molecule has 17 heavy (non-hydrogen) atoms. The number of rotatable bonds is 4. The van der Waals surface area contributed by atoms with Crippen LogP contribution in [0.4, 0.5) is 0 Å². The van der Waals surface area contributed by atoms with E-state index in [0.29, 0.717) is 5.69 Å². The Hall–Kier alpha value is -2.15. The Balaban J connectivity index is 2.47. The summed E-state index contributed by atoms with van der Waals surface area (Å²) in [4.78, 5) is 15.0. The number of methoxy groups -OCH3 is 1. The molecule has 0 aliphatic rings. The van der Waals surface area contributed by atoms with Crippen LogP contribution in [0.25, 0.3) is 11.6 Å². The zero-order valence-electron chi connectivity index (χ0n) is 9.38. The molecular formula is C10H11N3O4. The second-order valence-electron chi connectivity index (χ2n) is 3.37. The highest BCUT2D eigenvalue weighted by molar-refractivity contribution is 5.86. The van der Waals surface area contributed by atoms with Crippen molar-refractivity contribution in [1.29, 1.82) is 0 Å². The van der Waals surface area contributed by atoms with Gasteiger partial charge in [-0.15, -0.1) is 0 Å². The van der Waals surface area contributed by atoms with Gasteiger partial charge in [0.25, 0.3) is 0 Å². The fourth-order valence-electron chi connectivity index (χ4n) is 1.45. The van der Waals surface area contributed by atoms with Crippen molar-refractivity contribution < 1.29 is 19.1 Å². The summed E-state index contributed by atoms with van der Waals surface area (Å²) in [5.41, 5.74) is 0.867. The predicted octanol–water partition coefficient (Wildman–Crippen LogP) is 0.920. The lowest BCUT2D eigenvalue weighted by molar-refractivity contribution is 0.0656. The largest absolute Gasteiger partial charge is 0.475 e. The standard InChI is InChI=1S/C10H11N3O4/c1-13-7(3-4-11-13)9-12-6(5-16-2)8(17-9)10(14)15/h3-4H,5H2,1-2H3,(H,14,15). The van der Waals surface area contributed by atoms with Gasteiger partial charge in [-0.25, -0.2) is 9.78 Å². The van der Waals surface area contributed by atoms with Crippen LogP contribution in [0.2, 0.25) is 0 Å². The number of aromatic nitrogens is 3. The van der Waals surface area contributed by atoms with Gasteiger partial charge in [-0.3, -0.25) is 4.68 Å². The monoisotopic (exact) mass is 237 g/mol. The van der Waals surface area contributed by atoms with Crippen LogP contribution in [0.3, 0.4) is 0 Å². The van der Waals surface area contributed by atoms with Gasteiger partial charge in [0.1, 0.15) is 11.4 Å². The van der Waals surface area contributed by atoms with Crippen molar-refractivity contribution in [3.05, 3.63) is 23.7 Å². The number of aryl methyl sites for hydroxylation is 1. The van der Waals surface area contributed by atoms with Crippen molar-refractivity contribution in [2.45, 2.75) is 6.61 Å². The molecule has 0 aliphatic heterocycles. The van der Waals surface area contributed by atoms with Gasteiger partial charge in [0.2, 0.25) is 11.7 Å². The van der Waals surface area contributed by atoms with Crippen molar-refractivity contribution in [2.75, 3.05) is 7.11 Å². The van der Waals surface area contributed by atoms with Crippen molar-refractivity contribution >= 4 is 5.97 Å². The first-order valence-corrected chi connectivity index (χ1v) is 4.83. The van der Waals surface area contributed by atoms with Crippen LogP contribution < -0.4 is 0 Å². The Bertz CT molecular complexity index is 543. The van der Waals surface area contributed by atoms with Crippen LogP contribution in [-0.4, -0.2) is 33.0 Å². The molecule has 0 fully saturated rings. The van der Waals surface area contributed by atoms with E-state index in [1.165, 1.54) is 7.11 Å². The molecule has 1 N–H and O–H groups in total. The molecule has 0 saturated heterocycles. The Labute approximate surface area is 96.6 Å². The normalized spacial score (nSPS) is 10.7. The van der Waals surface area contributed by atoms with Gasteiger partial charge < -0.3 is 14.3 Å². The summed E-state index contributed by atoms with van der Waals surface area (Å²) in [5.74, 6) is -1.16. The van der Waals surface area contributed by atoms with Gasteiger partial charge in [-0.05, 0) is 6.07 Å². The van der Waals surface area contributed by atoms with E-state index >= 15 is 0 Å². The highest BCUT2D eigenvalue weighted by Gasteiger charge is 2.21. The average molecular weight is 237 g/mol. The number of nitrogens with zero attached hydrogens (tertiary/aromatic N) is 3. The number of carbonyl (C=O) groups is 1. The van der Waals surface area contributed by atoms with Crippen LogP contribution in [0.1, 0.15) is 16.2 Å². The van der Waals surface area contributed by atoms with E-state index in [2.05, 4.69) is 10.1 Å². The van der Waals surface area contributed by atoms with Gasteiger partial charge in [0, 0.05) is 20.4 Å². The number of aromatic carboxylic acids is 1. The van der Waals surface area contributed by atoms with Crippen LogP contribution >= 0.6 is 0 Å². The van der Waals surface area contributed by atoms with E-state index in [0.717, 1.165) is 0 Å². The maximum Gasteiger partial charge on any atom is 0.373 e. The number of carboxylic acid groups (broad SMARTS) is 1. The Morgan fingerprint density at radius 2 is 2.41 bits per heavy atom. The SMILES string of the molecule is COCc1nc(-c2ccnn2C)oc1C(=O)O. The number of hydrogen-bond acceptors (Lipinski definition) is 5. The lowest BCUT2D eigenvalue weighted by Gasteiger charge is -1.94. The molecule has 2 aromatic heterocycles. The lowest BCUT2D eigenvalue weighted by atomic mass is 10.3. The molecule has 2 aromatic rings. The summed E-state index contributed by atoms with van der Waals surface area (Å²) in [6, 6.07) is 1.69. The Morgan fingerprint density at radius 3 is 2.94 bits per heavy atom. The summed E-state index contributed by atoms with van der Waals surface area (Å²) < 4.78 is 11.6. The fourth-order valence-corrected chi connectivity index (χ4v) is 1.45. The topological polar surface area (TPSA) is 90.4 Å². The highest BCUT2D eigenvalue weighted by atomic mass is 16.5. The van der Waals surface area contributed by atoms with Gasteiger partial charge in [0.15, 0.2) is 0 Å². The summed E-state index contributed by atoms with van der Waals surface area (Å²) in [6.45, 7) is 0.0863. The summed E-state index contributed by atoms with van der Waals surface area (Å²) >= 11 is 0. The first kappa shape index (κ1) is 11.3. The highest BCUT2D eigenvalue weighted by Crippen LogP contribution is 2.21. The molecule has 0 bridgehead atoms. The molecule has 0 amide bonds. The van der Waals surface area contributed by atoms with Crippen LogP contribution in [-0.2, 0) is 18.4 Å². The van der Waals surface area contributed by atoms with Crippen LogP contribution in [0.15, 0.2) is 16.7 Å². The number of ether oxygens (including phenoxy) is 1. The third-order valence-corrected chi connectivity index (χ3v) is 2.21. The molecule has 2 rings (SSSR count). The minimum atomic E-state index is -1.17. The molecule has 0 aliphatic carbocycles. The number of oxazole rings is 1. The first-order chi connectivity index (χ1) is 8.13. The van der Waals surface area contributed by atoms with E-state index < -0.39 is 5.97 Å². The second kappa shape index (κ2) is 4.38. The lowest BCUT2D eigenvalue weighted by Crippen LogP contribution is -2.00. The van der Waals surface area contributed by atoms with E-state index in [1.807, 2.05) is 0 Å². The van der Waals surface area contributed by atoms with E-state index in [4.69, 9.17) is 14.3 Å². The maximum atomic E-state index is 11.0. The maximum absolute atomic E-state index is 11.0. The minimum Gasteiger partial charge on any atom is -0.475 e. The molecule has 0 atom stereocenters. The molecular weight excluding hydrogens is 226 g/mol.